The molecule has 0 aliphatic carbocycles. The number of carbonyl (C=O) groups is 1. The molecule has 6 nitrogen and oxygen atoms in total. The smallest absolute Gasteiger partial charge is 0.251 e. The summed E-state index contributed by atoms with van der Waals surface area (Å²) in [5.74, 6) is 1.73. The topological polar surface area (TPSA) is 63.7 Å². The molecule has 1 aromatic carbocycles. The molecule has 7 heteroatoms. The molecule has 0 saturated carbocycles. The van der Waals surface area contributed by atoms with Crippen molar-refractivity contribution in [3.8, 4) is 11.5 Å². The Labute approximate surface area is 156 Å². The first-order valence-electron chi connectivity index (χ1n) is 7.87. The van der Waals surface area contributed by atoms with Crippen molar-refractivity contribution in [3.05, 3.63) is 46.1 Å². The molecular weight excluding hydrogens is 386 g/mol. The normalized spacial score (nSPS) is 10.3. The number of aromatic nitrogens is 1. The number of benzene rings is 1. The fourth-order valence-electron chi connectivity index (χ4n) is 2.38. The molecule has 134 valence electrons. The van der Waals surface area contributed by atoms with E-state index in [0.717, 1.165) is 11.4 Å². The van der Waals surface area contributed by atoms with Crippen LogP contribution in [0.4, 0.5) is 5.82 Å². The van der Waals surface area contributed by atoms with Crippen LogP contribution in [-0.4, -0.2) is 38.7 Å². The molecule has 0 aliphatic rings. The molecule has 0 unspecified atom stereocenters. The van der Waals surface area contributed by atoms with Gasteiger partial charge in [0.15, 0.2) is 11.5 Å². The highest BCUT2D eigenvalue weighted by atomic mass is 79.9. The second-order valence-electron chi connectivity index (χ2n) is 5.49. The fraction of sp³-hybridized carbons (Fsp3) is 0.333. The zero-order valence-corrected chi connectivity index (χ0v) is 16.4. The Morgan fingerprint density at radius 3 is 2.76 bits per heavy atom. The summed E-state index contributed by atoms with van der Waals surface area (Å²) < 4.78 is 11.6. The van der Waals surface area contributed by atoms with Crippen molar-refractivity contribution in [2.24, 2.45) is 0 Å². The number of pyridine rings is 1. The van der Waals surface area contributed by atoms with Gasteiger partial charge in [0, 0.05) is 38.0 Å². The lowest BCUT2D eigenvalue weighted by molar-refractivity contribution is 0.0950. The quantitative estimate of drug-likeness (QED) is 0.762. The monoisotopic (exact) mass is 407 g/mol. The lowest BCUT2D eigenvalue weighted by Crippen LogP contribution is -2.24. The van der Waals surface area contributed by atoms with Gasteiger partial charge >= 0.3 is 0 Å². The van der Waals surface area contributed by atoms with Crippen LogP contribution in [0.5, 0.6) is 11.5 Å². The first kappa shape index (κ1) is 19.1. The summed E-state index contributed by atoms with van der Waals surface area (Å²) in [6.45, 7) is 2.78. The zero-order chi connectivity index (χ0) is 18.4. The third-order valence-corrected chi connectivity index (χ3v) is 4.10. The van der Waals surface area contributed by atoms with Gasteiger partial charge in [0.25, 0.3) is 5.91 Å². The van der Waals surface area contributed by atoms with E-state index in [1.807, 2.05) is 38.1 Å². The number of methoxy groups -OCH3 is 1. The van der Waals surface area contributed by atoms with Crippen LogP contribution in [0.2, 0.25) is 0 Å². The number of rotatable bonds is 7. The Kier molecular flexibility index (Phi) is 6.64. The Hall–Kier alpha value is -2.28. The molecule has 1 amide bonds. The van der Waals surface area contributed by atoms with Gasteiger partial charge in [0.05, 0.1) is 18.2 Å². The maximum absolute atomic E-state index is 12.5. The largest absolute Gasteiger partial charge is 0.493 e. The van der Waals surface area contributed by atoms with Crippen LogP contribution >= 0.6 is 15.9 Å². The highest BCUT2D eigenvalue weighted by Gasteiger charge is 2.16. The van der Waals surface area contributed by atoms with E-state index in [0.29, 0.717) is 34.7 Å². The van der Waals surface area contributed by atoms with Crippen LogP contribution in [0.3, 0.4) is 0 Å². The number of nitrogens with one attached hydrogen (secondary N) is 1. The van der Waals surface area contributed by atoms with Gasteiger partial charge < -0.3 is 19.7 Å². The van der Waals surface area contributed by atoms with Crippen molar-refractivity contribution in [1.82, 2.24) is 10.3 Å². The van der Waals surface area contributed by atoms with Gasteiger partial charge in [-0.1, -0.05) is 6.07 Å². The Morgan fingerprint density at radius 1 is 1.36 bits per heavy atom. The summed E-state index contributed by atoms with van der Waals surface area (Å²) in [6.07, 6.45) is 1.73. The van der Waals surface area contributed by atoms with Gasteiger partial charge in [0.2, 0.25) is 0 Å². The number of nitrogens with zero attached hydrogens (tertiary/aromatic N) is 2. The van der Waals surface area contributed by atoms with E-state index in [4.69, 9.17) is 9.47 Å². The van der Waals surface area contributed by atoms with E-state index >= 15 is 0 Å². The van der Waals surface area contributed by atoms with Crippen molar-refractivity contribution in [2.75, 3.05) is 32.7 Å². The van der Waals surface area contributed by atoms with Crippen LogP contribution in [0, 0.1) is 0 Å². The van der Waals surface area contributed by atoms with E-state index in [-0.39, 0.29) is 5.91 Å². The van der Waals surface area contributed by atoms with Gasteiger partial charge in [-0.05, 0) is 41.1 Å². The SMILES string of the molecule is CCOc1c(Br)cc(C(=O)NCc2cccnc2N(C)C)cc1OC. The minimum atomic E-state index is -0.199. The number of hydrogen-bond acceptors (Lipinski definition) is 5. The van der Waals surface area contributed by atoms with Gasteiger partial charge in [0.1, 0.15) is 5.82 Å². The van der Waals surface area contributed by atoms with Gasteiger partial charge in [-0.15, -0.1) is 0 Å². The maximum atomic E-state index is 12.5. The summed E-state index contributed by atoms with van der Waals surface area (Å²) in [7, 11) is 5.38. The van der Waals surface area contributed by atoms with Crippen LogP contribution in [-0.2, 0) is 6.54 Å². The maximum Gasteiger partial charge on any atom is 0.251 e. The average Bonchev–Trinajstić information content (AvgIpc) is 2.61. The van der Waals surface area contributed by atoms with E-state index in [1.54, 1.807) is 25.4 Å². The van der Waals surface area contributed by atoms with E-state index in [2.05, 4.69) is 26.2 Å². The van der Waals surface area contributed by atoms with Gasteiger partial charge in [-0.25, -0.2) is 4.98 Å². The molecule has 0 saturated heterocycles. The first-order chi connectivity index (χ1) is 12.0. The molecular formula is C18H22BrN3O3. The summed E-state index contributed by atoms with van der Waals surface area (Å²) >= 11 is 3.43. The van der Waals surface area contributed by atoms with Crippen molar-refractivity contribution < 1.29 is 14.3 Å². The van der Waals surface area contributed by atoms with Crippen molar-refractivity contribution in [2.45, 2.75) is 13.5 Å². The molecule has 0 atom stereocenters. The molecule has 0 spiro atoms. The molecule has 0 bridgehead atoms. The second-order valence-corrected chi connectivity index (χ2v) is 6.34. The average molecular weight is 408 g/mol. The Morgan fingerprint density at radius 2 is 2.12 bits per heavy atom. The Balaban J connectivity index is 2.18. The van der Waals surface area contributed by atoms with Crippen LogP contribution in [0.15, 0.2) is 34.9 Å². The summed E-state index contributed by atoms with van der Waals surface area (Å²) in [4.78, 5) is 18.8. The van der Waals surface area contributed by atoms with Crippen molar-refractivity contribution >= 4 is 27.7 Å². The molecule has 0 radical (unpaired) electrons. The fourth-order valence-corrected chi connectivity index (χ4v) is 2.94. The minimum absolute atomic E-state index is 0.199. The number of hydrogen-bond donors (Lipinski definition) is 1. The molecule has 25 heavy (non-hydrogen) atoms. The summed E-state index contributed by atoms with van der Waals surface area (Å²) in [5, 5.41) is 2.92. The molecule has 1 N–H and O–H groups in total. The van der Waals surface area contributed by atoms with E-state index in [9.17, 15) is 4.79 Å². The molecule has 1 aromatic heterocycles. The van der Waals surface area contributed by atoms with Gasteiger partial charge in [-0.3, -0.25) is 4.79 Å². The zero-order valence-electron chi connectivity index (χ0n) is 14.8. The van der Waals surface area contributed by atoms with Gasteiger partial charge in [-0.2, -0.15) is 0 Å². The number of amides is 1. The van der Waals surface area contributed by atoms with Crippen LogP contribution < -0.4 is 19.7 Å². The first-order valence-corrected chi connectivity index (χ1v) is 8.67. The third kappa shape index (κ3) is 4.63. The summed E-state index contributed by atoms with van der Waals surface area (Å²) in [6, 6.07) is 7.18. The lowest BCUT2D eigenvalue weighted by Gasteiger charge is -2.16. The predicted molar refractivity (Wildman–Crippen MR) is 102 cm³/mol. The summed E-state index contributed by atoms with van der Waals surface area (Å²) in [5.41, 5.74) is 1.43. The lowest BCUT2D eigenvalue weighted by atomic mass is 10.1. The highest BCUT2D eigenvalue weighted by Crippen LogP contribution is 2.36. The minimum Gasteiger partial charge on any atom is -0.493 e. The number of carbonyl (C=O) groups excluding carboxylic acids is 1. The molecule has 2 rings (SSSR count). The molecule has 2 aromatic rings. The number of ether oxygens (including phenoxy) is 2. The number of anilines is 1. The molecule has 1 heterocycles. The molecule has 0 aliphatic heterocycles. The predicted octanol–water partition coefficient (Wildman–Crippen LogP) is 3.25. The van der Waals surface area contributed by atoms with E-state index in [1.165, 1.54) is 0 Å². The van der Waals surface area contributed by atoms with Crippen molar-refractivity contribution in [3.63, 3.8) is 0 Å². The standard InChI is InChI=1S/C18H22BrN3O3/c1-5-25-16-14(19)9-13(10-15(16)24-4)18(23)21-11-12-7-6-8-20-17(12)22(2)3/h6-10H,5,11H2,1-4H3,(H,21,23). The number of halogens is 1. The highest BCUT2D eigenvalue weighted by molar-refractivity contribution is 9.10. The van der Waals surface area contributed by atoms with E-state index < -0.39 is 0 Å². The third-order valence-electron chi connectivity index (χ3n) is 3.51. The van der Waals surface area contributed by atoms with Crippen LogP contribution in [0.25, 0.3) is 0 Å². The Bertz CT molecular complexity index is 750. The second kappa shape index (κ2) is 8.71. The van der Waals surface area contributed by atoms with Crippen molar-refractivity contribution in [1.29, 1.82) is 0 Å². The molecule has 0 fully saturated rings. The van der Waals surface area contributed by atoms with Crippen LogP contribution in [0.1, 0.15) is 22.8 Å².